The van der Waals surface area contributed by atoms with Crippen molar-refractivity contribution in [1.82, 2.24) is 0 Å². The first kappa shape index (κ1) is 22.4. The van der Waals surface area contributed by atoms with Gasteiger partial charge in [-0.3, -0.25) is 0 Å². The Bertz CT molecular complexity index is 1230. The molecule has 0 saturated heterocycles. The van der Waals surface area contributed by atoms with Gasteiger partial charge in [-0.1, -0.05) is 29.8 Å². The van der Waals surface area contributed by atoms with Gasteiger partial charge in [-0.2, -0.15) is 0 Å². The maximum absolute atomic E-state index is 14.2. The number of rotatable bonds is 4. The summed E-state index contributed by atoms with van der Waals surface area (Å²) in [7, 11) is 1.64. The topological polar surface area (TPSA) is 47.3 Å². The van der Waals surface area contributed by atoms with E-state index in [4.69, 9.17) is 22.1 Å². The second-order valence-corrected chi connectivity index (χ2v) is 9.38. The van der Waals surface area contributed by atoms with Crippen molar-refractivity contribution < 1.29 is 9.13 Å². The minimum absolute atomic E-state index is 0.192. The first-order valence-electron chi connectivity index (χ1n) is 10.6. The highest BCUT2D eigenvalue weighted by Crippen LogP contribution is 2.46. The molecule has 0 aliphatic carbocycles. The molecule has 3 N–H and O–H groups in total. The normalized spacial score (nSPS) is 15.4. The minimum Gasteiger partial charge on any atom is -0.496 e. The van der Waals surface area contributed by atoms with Crippen LogP contribution in [0.2, 0.25) is 5.02 Å². The van der Waals surface area contributed by atoms with Crippen LogP contribution < -0.4 is 15.8 Å². The molecule has 3 nitrogen and oxygen atoms in total. The standard InChI is InChI=1S/C27H28ClFN2O/c1-15-6-8-18(29)13-20(15)26(30)25-19(21-12-17(28)7-11-23(21)32-5)9-10-22-24(25)16(2)14-27(3,4)31-22/h6-14,26,31H,30H2,1-5H3. The quantitative estimate of drug-likeness (QED) is 0.444. The molecule has 1 heterocycles. The van der Waals surface area contributed by atoms with E-state index >= 15 is 0 Å². The van der Waals surface area contributed by atoms with E-state index in [-0.39, 0.29) is 11.4 Å². The van der Waals surface area contributed by atoms with Crippen LogP contribution in [-0.2, 0) is 0 Å². The highest BCUT2D eigenvalue weighted by Gasteiger charge is 2.30. The largest absolute Gasteiger partial charge is 0.496 e. The molecule has 0 radical (unpaired) electrons. The number of hydrogen-bond donors (Lipinski definition) is 2. The summed E-state index contributed by atoms with van der Waals surface area (Å²) in [4.78, 5) is 0. The molecule has 1 atom stereocenters. The second-order valence-electron chi connectivity index (χ2n) is 8.95. The Morgan fingerprint density at radius 2 is 1.78 bits per heavy atom. The Hall–Kier alpha value is -2.82. The highest BCUT2D eigenvalue weighted by atomic mass is 35.5. The maximum Gasteiger partial charge on any atom is 0.126 e. The smallest absolute Gasteiger partial charge is 0.126 e. The summed E-state index contributed by atoms with van der Waals surface area (Å²) >= 11 is 6.37. The van der Waals surface area contributed by atoms with Crippen LogP contribution >= 0.6 is 11.6 Å². The fourth-order valence-electron chi connectivity index (χ4n) is 4.70. The second kappa shape index (κ2) is 8.27. The lowest BCUT2D eigenvalue weighted by Gasteiger charge is -2.35. The fraction of sp³-hybridized carbons (Fsp3) is 0.259. The maximum atomic E-state index is 14.2. The molecule has 0 saturated carbocycles. The van der Waals surface area contributed by atoms with Crippen molar-refractivity contribution in [3.05, 3.63) is 87.7 Å². The molecule has 4 rings (SSSR count). The average Bonchev–Trinajstić information content (AvgIpc) is 2.73. The van der Waals surface area contributed by atoms with Gasteiger partial charge in [0.15, 0.2) is 0 Å². The average molecular weight is 451 g/mol. The summed E-state index contributed by atoms with van der Waals surface area (Å²) in [6, 6.07) is 13.8. The number of nitrogens with two attached hydrogens (primary N) is 1. The highest BCUT2D eigenvalue weighted by molar-refractivity contribution is 6.31. The van der Waals surface area contributed by atoms with Crippen molar-refractivity contribution in [2.75, 3.05) is 12.4 Å². The Morgan fingerprint density at radius 3 is 2.50 bits per heavy atom. The van der Waals surface area contributed by atoms with Gasteiger partial charge in [-0.15, -0.1) is 0 Å². The zero-order valence-electron chi connectivity index (χ0n) is 19.0. The van der Waals surface area contributed by atoms with Gasteiger partial charge >= 0.3 is 0 Å². The van der Waals surface area contributed by atoms with E-state index in [1.807, 2.05) is 25.1 Å². The summed E-state index contributed by atoms with van der Waals surface area (Å²) in [6.45, 7) is 8.30. The molecular formula is C27H28ClFN2O. The van der Waals surface area contributed by atoms with Crippen LogP contribution in [0.15, 0.2) is 54.6 Å². The predicted molar refractivity (Wildman–Crippen MR) is 132 cm³/mol. The van der Waals surface area contributed by atoms with Crippen LogP contribution in [0.1, 0.15) is 49.1 Å². The van der Waals surface area contributed by atoms with Crippen molar-refractivity contribution >= 4 is 22.9 Å². The molecular weight excluding hydrogens is 423 g/mol. The van der Waals surface area contributed by atoms with Crippen LogP contribution in [0.3, 0.4) is 0 Å². The predicted octanol–water partition coefficient (Wildman–Crippen LogP) is 7.12. The van der Waals surface area contributed by atoms with Crippen molar-refractivity contribution in [2.45, 2.75) is 39.3 Å². The third-order valence-electron chi connectivity index (χ3n) is 6.01. The first-order valence-corrected chi connectivity index (χ1v) is 11.0. The van der Waals surface area contributed by atoms with Crippen molar-refractivity contribution in [3.63, 3.8) is 0 Å². The number of ether oxygens (including phenoxy) is 1. The number of anilines is 1. The summed E-state index contributed by atoms with van der Waals surface area (Å²) in [5, 5.41) is 4.20. The van der Waals surface area contributed by atoms with E-state index in [9.17, 15) is 4.39 Å². The number of fused-ring (bicyclic) bond motifs is 1. The van der Waals surface area contributed by atoms with E-state index < -0.39 is 6.04 Å². The number of aryl methyl sites for hydroxylation is 1. The number of nitrogens with one attached hydrogen (secondary N) is 1. The molecule has 3 aromatic carbocycles. The number of hydrogen-bond acceptors (Lipinski definition) is 3. The molecule has 1 aliphatic heterocycles. The van der Waals surface area contributed by atoms with Gasteiger partial charge in [0.05, 0.1) is 18.7 Å². The third kappa shape index (κ3) is 4.01. The lowest BCUT2D eigenvalue weighted by molar-refractivity contribution is 0.416. The molecule has 5 heteroatoms. The number of benzene rings is 3. The molecule has 3 aromatic rings. The van der Waals surface area contributed by atoms with Gasteiger partial charge in [0.25, 0.3) is 0 Å². The van der Waals surface area contributed by atoms with Crippen molar-refractivity contribution in [2.24, 2.45) is 5.73 Å². The molecule has 0 spiro atoms. The van der Waals surface area contributed by atoms with Crippen LogP contribution in [0, 0.1) is 12.7 Å². The summed E-state index contributed by atoms with van der Waals surface area (Å²) in [5.74, 6) is 0.392. The van der Waals surface area contributed by atoms with Gasteiger partial charge in [0.1, 0.15) is 11.6 Å². The molecule has 0 aromatic heterocycles. The van der Waals surface area contributed by atoms with E-state index in [1.54, 1.807) is 19.2 Å². The molecule has 0 amide bonds. The van der Waals surface area contributed by atoms with Crippen molar-refractivity contribution in [1.29, 1.82) is 0 Å². The molecule has 0 bridgehead atoms. The number of allylic oxidation sites excluding steroid dienone is 1. The third-order valence-corrected chi connectivity index (χ3v) is 6.25. The molecule has 166 valence electrons. The zero-order valence-corrected chi connectivity index (χ0v) is 19.8. The van der Waals surface area contributed by atoms with E-state index in [0.29, 0.717) is 10.8 Å². The first-order chi connectivity index (χ1) is 15.1. The Balaban J connectivity index is 2.06. The van der Waals surface area contributed by atoms with Gasteiger partial charge < -0.3 is 15.8 Å². The van der Waals surface area contributed by atoms with E-state index in [0.717, 1.165) is 44.6 Å². The van der Waals surface area contributed by atoms with E-state index in [2.05, 4.69) is 38.2 Å². The minimum atomic E-state index is -0.550. The Kier molecular flexibility index (Phi) is 5.78. The number of halogens is 2. The van der Waals surface area contributed by atoms with Gasteiger partial charge in [0, 0.05) is 21.8 Å². The molecule has 32 heavy (non-hydrogen) atoms. The molecule has 1 unspecified atom stereocenters. The van der Waals surface area contributed by atoms with Crippen LogP contribution in [0.5, 0.6) is 5.75 Å². The summed E-state index contributed by atoms with van der Waals surface area (Å²) < 4.78 is 19.9. The van der Waals surface area contributed by atoms with Crippen LogP contribution in [0.25, 0.3) is 16.7 Å². The number of methoxy groups -OCH3 is 1. The molecule has 1 aliphatic rings. The van der Waals surface area contributed by atoms with Gasteiger partial charge in [-0.05, 0) is 91.9 Å². The zero-order chi connectivity index (χ0) is 23.2. The van der Waals surface area contributed by atoms with Crippen LogP contribution in [-0.4, -0.2) is 12.6 Å². The monoisotopic (exact) mass is 450 g/mol. The summed E-state index contributed by atoms with van der Waals surface area (Å²) in [6.07, 6.45) is 2.20. The van der Waals surface area contributed by atoms with Gasteiger partial charge in [-0.25, -0.2) is 4.39 Å². The SMILES string of the molecule is COc1ccc(Cl)cc1-c1ccc2c(c1C(N)c1cc(F)ccc1C)C(C)=CC(C)(C)N2. The summed E-state index contributed by atoms with van der Waals surface area (Å²) in [5.41, 5.74) is 14.2. The van der Waals surface area contributed by atoms with Crippen LogP contribution in [0.4, 0.5) is 10.1 Å². The molecule has 0 fully saturated rings. The fourth-order valence-corrected chi connectivity index (χ4v) is 4.87. The Morgan fingerprint density at radius 1 is 1.03 bits per heavy atom. The lowest BCUT2D eigenvalue weighted by atomic mass is 9.80. The van der Waals surface area contributed by atoms with E-state index in [1.165, 1.54) is 12.1 Å². The van der Waals surface area contributed by atoms with Gasteiger partial charge in [0.2, 0.25) is 0 Å². The Labute approximate surface area is 194 Å². The van der Waals surface area contributed by atoms with Crippen molar-refractivity contribution in [3.8, 4) is 16.9 Å². The lowest BCUT2D eigenvalue weighted by Crippen LogP contribution is -2.32.